The number of piperazine rings is 1. The molecule has 4 aromatic rings. The molecule has 8 heteroatoms. The van der Waals surface area contributed by atoms with E-state index in [1.54, 1.807) is 17.5 Å². The number of thiazole rings is 1. The summed E-state index contributed by atoms with van der Waals surface area (Å²) in [6.07, 6.45) is 3.61. The second-order valence-electron chi connectivity index (χ2n) is 8.72. The van der Waals surface area contributed by atoms with Gasteiger partial charge in [0.25, 0.3) is 0 Å². The van der Waals surface area contributed by atoms with Crippen LogP contribution in [0.25, 0.3) is 11.3 Å². The molecule has 1 aliphatic heterocycles. The second kappa shape index (κ2) is 11.3. The van der Waals surface area contributed by atoms with Crippen molar-refractivity contribution in [1.82, 2.24) is 19.8 Å². The van der Waals surface area contributed by atoms with Crippen molar-refractivity contribution >= 4 is 46.8 Å². The fraction of sp³-hybridized carbons (Fsp3) is 0.222. The standard InChI is InChI=1S/C27H28AsN5OS/c1-32-12-14-33(15-13-32)18-20-7-9-21(10-8-20)26(34)30-24-6-2-5-23(16-24)28-27-31-25(19-35-27)22-4-3-11-29-17-22/h2-11,16-17,19,28H,12-15,18H2,1H3,(H,30,34). The summed E-state index contributed by atoms with van der Waals surface area (Å²) in [5.74, 6) is -0.0820. The molecule has 0 saturated carbocycles. The molecular formula is C27H28AsN5OS. The minimum Gasteiger partial charge on any atom is 0.0107 e. The molecular weight excluding hydrogens is 517 g/mol. The quantitative estimate of drug-likeness (QED) is 0.362. The van der Waals surface area contributed by atoms with E-state index >= 15 is 0 Å². The number of aromatic nitrogens is 2. The van der Waals surface area contributed by atoms with Gasteiger partial charge in [0, 0.05) is 13.1 Å². The van der Waals surface area contributed by atoms with E-state index in [1.165, 1.54) is 9.91 Å². The predicted molar refractivity (Wildman–Crippen MR) is 145 cm³/mol. The third-order valence-corrected chi connectivity index (χ3v) is 9.92. The maximum atomic E-state index is 12.8. The molecule has 3 heterocycles. The molecule has 1 unspecified atom stereocenters. The number of likely N-dealkylation sites (N-methyl/N-ethyl adjacent to an activating group) is 1. The van der Waals surface area contributed by atoms with Gasteiger partial charge in [0.15, 0.2) is 0 Å². The van der Waals surface area contributed by atoms with E-state index in [2.05, 4.69) is 56.8 Å². The van der Waals surface area contributed by atoms with Crippen LogP contribution in [0.15, 0.2) is 78.4 Å². The van der Waals surface area contributed by atoms with E-state index in [9.17, 15) is 4.79 Å². The van der Waals surface area contributed by atoms with Crippen LogP contribution in [0.5, 0.6) is 0 Å². The fourth-order valence-electron chi connectivity index (χ4n) is 4.01. The fourth-order valence-corrected chi connectivity index (χ4v) is 7.72. The van der Waals surface area contributed by atoms with Crippen LogP contribution in [0.4, 0.5) is 5.69 Å². The molecule has 178 valence electrons. The number of nitrogens with one attached hydrogen (secondary N) is 1. The van der Waals surface area contributed by atoms with E-state index in [4.69, 9.17) is 4.98 Å². The van der Waals surface area contributed by atoms with Gasteiger partial charge in [-0.1, -0.05) is 0 Å². The van der Waals surface area contributed by atoms with Gasteiger partial charge in [0.2, 0.25) is 0 Å². The number of carbonyl (C=O) groups is 1. The topological polar surface area (TPSA) is 61.4 Å². The Morgan fingerprint density at radius 2 is 1.89 bits per heavy atom. The summed E-state index contributed by atoms with van der Waals surface area (Å²) >= 11 is 1.11. The Morgan fingerprint density at radius 1 is 1.06 bits per heavy atom. The molecule has 0 radical (unpaired) electrons. The van der Waals surface area contributed by atoms with Crippen molar-refractivity contribution in [3.63, 3.8) is 0 Å². The SMILES string of the molecule is CN1CCN(Cc2ccc(C(=O)Nc3cccc([AsH]c4nc(-c5cccnc5)cs4)c3)cc2)CC1. The number of hydrogen-bond donors (Lipinski definition) is 1. The molecule has 1 saturated heterocycles. The number of hydrogen-bond acceptors (Lipinski definition) is 6. The molecule has 5 rings (SSSR count). The van der Waals surface area contributed by atoms with E-state index < -0.39 is 15.8 Å². The van der Waals surface area contributed by atoms with Crippen molar-refractivity contribution in [2.24, 2.45) is 0 Å². The van der Waals surface area contributed by atoms with Crippen LogP contribution in [0.3, 0.4) is 0 Å². The number of anilines is 1. The van der Waals surface area contributed by atoms with Crippen molar-refractivity contribution < 1.29 is 4.79 Å². The van der Waals surface area contributed by atoms with Gasteiger partial charge < -0.3 is 4.90 Å². The zero-order chi connectivity index (χ0) is 24.0. The molecule has 0 spiro atoms. The third kappa shape index (κ3) is 6.44. The number of carbonyl (C=O) groups excluding carboxylic acids is 1. The summed E-state index contributed by atoms with van der Waals surface area (Å²) in [5.41, 5.74) is 4.75. The Bertz CT molecular complexity index is 1270. The Balaban J connectivity index is 1.18. The van der Waals surface area contributed by atoms with Crippen molar-refractivity contribution in [2.45, 2.75) is 6.54 Å². The van der Waals surface area contributed by atoms with Crippen LogP contribution in [0.1, 0.15) is 15.9 Å². The summed E-state index contributed by atoms with van der Waals surface area (Å²) in [7, 11) is 2.17. The van der Waals surface area contributed by atoms with Gasteiger partial charge in [0.05, 0.1) is 0 Å². The zero-order valence-electron chi connectivity index (χ0n) is 19.6. The van der Waals surface area contributed by atoms with E-state index in [-0.39, 0.29) is 5.91 Å². The molecule has 1 fully saturated rings. The zero-order valence-corrected chi connectivity index (χ0v) is 22.6. The molecule has 0 aliphatic carbocycles. The van der Waals surface area contributed by atoms with Crippen LogP contribution < -0.4 is 13.5 Å². The third-order valence-electron chi connectivity index (χ3n) is 6.05. The van der Waals surface area contributed by atoms with E-state index in [0.29, 0.717) is 5.56 Å². The minimum absolute atomic E-state index is 0.0820. The normalized spacial score (nSPS) is 15.0. The van der Waals surface area contributed by atoms with Crippen molar-refractivity contribution in [2.75, 3.05) is 38.5 Å². The molecule has 35 heavy (non-hydrogen) atoms. The van der Waals surface area contributed by atoms with Gasteiger partial charge in [0.1, 0.15) is 0 Å². The molecule has 1 aliphatic rings. The summed E-state index contributed by atoms with van der Waals surface area (Å²) in [5, 5.41) is 5.15. The molecule has 1 amide bonds. The van der Waals surface area contributed by atoms with Gasteiger partial charge in [-0.05, 0) is 7.05 Å². The molecule has 6 nitrogen and oxygen atoms in total. The average Bonchev–Trinajstić information content (AvgIpc) is 3.35. The van der Waals surface area contributed by atoms with Gasteiger partial charge >= 0.3 is 192 Å². The number of rotatable bonds is 7. The molecule has 1 N–H and O–H groups in total. The van der Waals surface area contributed by atoms with E-state index in [0.717, 1.165) is 53.5 Å². The average molecular weight is 546 g/mol. The summed E-state index contributed by atoms with van der Waals surface area (Å²) < 4.78 is 2.39. The van der Waals surface area contributed by atoms with Crippen LogP contribution in [-0.4, -0.2) is 74.7 Å². The van der Waals surface area contributed by atoms with Gasteiger partial charge in [-0.3, -0.25) is 0 Å². The van der Waals surface area contributed by atoms with Crippen molar-refractivity contribution in [3.8, 4) is 11.3 Å². The van der Waals surface area contributed by atoms with Crippen LogP contribution in [0.2, 0.25) is 0 Å². The molecule has 0 bridgehead atoms. The Morgan fingerprint density at radius 3 is 2.66 bits per heavy atom. The number of nitrogens with zero attached hydrogens (tertiary/aromatic N) is 4. The molecule has 2 aromatic carbocycles. The Hall–Kier alpha value is -2.83. The van der Waals surface area contributed by atoms with Gasteiger partial charge in [-0.25, -0.2) is 0 Å². The van der Waals surface area contributed by atoms with Gasteiger partial charge in [-0.2, -0.15) is 0 Å². The van der Waals surface area contributed by atoms with Crippen LogP contribution in [-0.2, 0) is 6.54 Å². The number of benzene rings is 2. The summed E-state index contributed by atoms with van der Waals surface area (Å²) in [6.45, 7) is 5.32. The monoisotopic (exact) mass is 545 g/mol. The first-order valence-corrected chi connectivity index (χ1v) is 14.6. The second-order valence-corrected chi connectivity index (χ2v) is 13.1. The Labute approximate surface area is 216 Å². The number of pyridine rings is 1. The smallest absolute Gasteiger partial charge is 0.0107 e. The van der Waals surface area contributed by atoms with Gasteiger partial charge in [-0.15, -0.1) is 0 Å². The minimum atomic E-state index is -0.585. The first kappa shape index (κ1) is 23.9. The summed E-state index contributed by atoms with van der Waals surface area (Å²) in [4.78, 5) is 26.7. The number of amides is 1. The molecule has 2 aromatic heterocycles. The first-order valence-electron chi connectivity index (χ1n) is 11.7. The first-order chi connectivity index (χ1) is 17.1. The van der Waals surface area contributed by atoms with Crippen molar-refractivity contribution in [1.29, 1.82) is 0 Å². The summed E-state index contributed by atoms with van der Waals surface area (Å²) in [6, 6.07) is 20.1. The van der Waals surface area contributed by atoms with Crippen LogP contribution >= 0.6 is 11.3 Å². The molecule has 1 atom stereocenters. The maximum absolute atomic E-state index is 12.8. The Kier molecular flexibility index (Phi) is 7.69. The van der Waals surface area contributed by atoms with Crippen molar-refractivity contribution in [3.05, 3.63) is 89.6 Å². The van der Waals surface area contributed by atoms with Crippen LogP contribution in [0, 0.1) is 0 Å². The van der Waals surface area contributed by atoms with E-state index in [1.807, 2.05) is 42.6 Å². The predicted octanol–water partition coefficient (Wildman–Crippen LogP) is 2.59.